The van der Waals surface area contributed by atoms with Crippen LogP contribution in [0, 0.1) is 0 Å². The lowest BCUT2D eigenvalue weighted by molar-refractivity contribution is -0.131. The summed E-state index contributed by atoms with van der Waals surface area (Å²) in [5.41, 5.74) is 1.16. The topological polar surface area (TPSA) is 20.3 Å². The zero-order valence-corrected chi connectivity index (χ0v) is 11.6. The maximum absolute atomic E-state index is 12.0. The van der Waals surface area contributed by atoms with Gasteiger partial charge in [0.1, 0.15) is 0 Å². The molecule has 0 spiro atoms. The molecule has 0 aliphatic rings. The standard InChI is InChI=1S/C13H18BrNO/c1-4-12(14)13(16)15(3)10(2)11-8-6-5-7-9-11/h5-10,12H,4H2,1-3H3. The lowest BCUT2D eigenvalue weighted by Crippen LogP contribution is -2.35. The summed E-state index contributed by atoms with van der Waals surface area (Å²) in [6.45, 7) is 4.04. The monoisotopic (exact) mass is 283 g/mol. The van der Waals surface area contributed by atoms with Crippen molar-refractivity contribution in [3.05, 3.63) is 35.9 Å². The summed E-state index contributed by atoms with van der Waals surface area (Å²) in [5.74, 6) is 0.138. The molecule has 3 heteroatoms. The number of hydrogen-bond donors (Lipinski definition) is 0. The molecule has 2 unspecified atom stereocenters. The number of nitrogens with zero attached hydrogens (tertiary/aromatic N) is 1. The fraction of sp³-hybridized carbons (Fsp3) is 0.462. The van der Waals surface area contributed by atoms with Crippen LogP contribution in [-0.4, -0.2) is 22.7 Å². The maximum atomic E-state index is 12.0. The van der Waals surface area contributed by atoms with Gasteiger partial charge in [-0.3, -0.25) is 4.79 Å². The van der Waals surface area contributed by atoms with Crippen molar-refractivity contribution in [2.24, 2.45) is 0 Å². The van der Waals surface area contributed by atoms with Gasteiger partial charge in [0, 0.05) is 7.05 Å². The van der Waals surface area contributed by atoms with Gasteiger partial charge in [0.05, 0.1) is 10.9 Å². The molecular formula is C13H18BrNO. The summed E-state index contributed by atoms with van der Waals surface area (Å²) in [6.07, 6.45) is 0.810. The van der Waals surface area contributed by atoms with Crippen LogP contribution < -0.4 is 0 Å². The molecule has 0 radical (unpaired) electrons. The van der Waals surface area contributed by atoms with E-state index >= 15 is 0 Å². The van der Waals surface area contributed by atoms with Gasteiger partial charge in [-0.1, -0.05) is 53.2 Å². The van der Waals surface area contributed by atoms with Crippen molar-refractivity contribution in [2.45, 2.75) is 31.1 Å². The normalized spacial score (nSPS) is 14.2. The maximum Gasteiger partial charge on any atom is 0.236 e. The van der Waals surface area contributed by atoms with Crippen LogP contribution in [0.1, 0.15) is 31.9 Å². The Balaban J connectivity index is 2.75. The smallest absolute Gasteiger partial charge is 0.236 e. The molecular weight excluding hydrogens is 266 g/mol. The van der Waals surface area contributed by atoms with Crippen LogP contribution in [0.4, 0.5) is 0 Å². The van der Waals surface area contributed by atoms with E-state index in [9.17, 15) is 4.79 Å². The molecule has 1 aromatic carbocycles. The fourth-order valence-corrected chi connectivity index (χ4v) is 1.86. The van der Waals surface area contributed by atoms with Gasteiger partial charge in [0.15, 0.2) is 0 Å². The predicted molar refractivity (Wildman–Crippen MR) is 70.6 cm³/mol. The Labute approximate surface area is 106 Å². The van der Waals surface area contributed by atoms with Crippen molar-refractivity contribution in [3.8, 4) is 0 Å². The molecule has 16 heavy (non-hydrogen) atoms. The van der Waals surface area contributed by atoms with Crippen LogP contribution in [0.25, 0.3) is 0 Å². The number of carbonyl (C=O) groups excluding carboxylic acids is 1. The number of hydrogen-bond acceptors (Lipinski definition) is 1. The first-order valence-corrected chi connectivity index (χ1v) is 6.45. The van der Waals surface area contributed by atoms with Crippen molar-refractivity contribution in [3.63, 3.8) is 0 Å². The lowest BCUT2D eigenvalue weighted by atomic mass is 10.1. The predicted octanol–water partition coefficient (Wildman–Crippen LogP) is 3.38. The van der Waals surface area contributed by atoms with Crippen molar-refractivity contribution < 1.29 is 4.79 Å². The summed E-state index contributed by atoms with van der Waals surface area (Å²) < 4.78 is 0. The van der Waals surface area contributed by atoms with Crippen molar-refractivity contribution in [1.82, 2.24) is 4.90 Å². The van der Waals surface area contributed by atoms with Gasteiger partial charge in [0.25, 0.3) is 0 Å². The third-order valence-electron chi connectivity index (χ3n) is 2.84. The van der Waals surface area contributed by atoms with Crippen molar-refractivity contribution >= 4 is 21.8 Å². The van der Waals surface area contributed by atoms with E-state index in [-0.39, 0.29) is 16.8 Å². The van der Waals surface area contributed by atoms with Crippen LogP contribution >= 0.6 is 15.9 Å². The second-order valence-electron chi connectivity index (χ2n) is 3.91. The van der Waals surface area contributed by atoms with Gasteiger partial charge in [0.2, 0.25) is 5.91 Å². The van der Waals surface area contributed by atoms with Gasteiger partial charge in [-0.25, -0.2) is 0 Å². The molecule has 88 valence electrons. The van der Waals surface area contributed by atoms with Crippen LogP contribution in [0.2, 0.25) is 0 Å². The average molecular weight is 284 g/mol. The number of amides is 1. The molecule has 1 aromatic rings. The Hall–Kier alpha value is -0.830. The van der Waals surface area contributed by atoms with Gasteiger partial charge >= 0.3 is 0 Å². The molecule has 0 saturated carbocycles. The van der Waals surface area contributed by atoms with Crippen LogP contribution in [0.5, 0.6) is 0 Å². The first-order valence-electron chi connectivity index (χ1n) is 5.53. The third kappa shape index (κ3) is 3.08. The van der Waals surface area contributed by atoms with Crippen molar-refractivity contribution in [1.29, 1.82) is 0 Å². The largest absolute Gasteiger partial charge is 0.338 e. The molecule has 0 aliphatic carbocycles. The quantitative estimate of drug-likeness (QED) is 0.776. The zero-order valence-electron chi connectivity index (χ0n) is 9.98. The number of halogens is 1. The van der Waals surface area contributed by atoms with E-state index < -0.39 is 0 Å². The van der Waals surface area contributed by atoms with E-state index in [1.807, 2.05) is 51.2 Å². The fourth-order valence-electron chi connectivity index (χ4n) is 1.54. The van der Waals surface area contributed by atoms with Gasteiger partial charge < -0.3 is 4.90 Å². The number of alkyl halides is 1. The minimum absolute atomic E-state index is 0.0799. The highest BCUT2D eigenvalue weighted by atomic mass is 79.9. The minimum Gasteiger partial charge on any atom is -0.338 e. The zero-order chi connectivity index (χ0) is 12.1. The summed E-state index contributed by atoms with van der Waals surface area (Å²) in [5, 5.41) is 0. The van der Waals surface area contributed by atoms with Crippen molar-refractivity contribution in [2.75, 3.05) is 7.05 Å². The molecule has 0 saturated heterocycles. The summed E-state index contributed by atoms with van der Waals surface area (Å²) in [4.78, 5) is 13.7. The Bertz CT molecular complexity index is 339. The highest BCUT2D eigenvalue weighted by Gasteiger charge is 2.22. The summed E-state index contributed by atoms with van der Waals surface area (Å²) in [6, 6.07) is 10.2. The van der Waals surface area contributed by atoms with Crippen LogP contribution in [0.3, 0.4) is 0 Å². The first-order chi connectivity index (χ1) is 7.57. The highest BCUT2D eigenvalue weighted by Crippen LogP contribution is 2.21. The molecule has 0 heterocycles. The Morgan fingerprint density at radius 3 is 2.44 bits per heavy atom. The van der Waals surface area contributed by atoms with Gasteiger partial charge in [-0.15, -0.1) is 0 Å². The minimum atomic E-state index is -0.0799. The van der Waals surface area contributed by atoms with E-state index in [1.165, 1.54) is 0 Å². The first kappa shape index (κ1) is 13.2. The highest BCUT2D eigenvalue weighted by molar-refractivity contribution is 9.10. The molecule has 0 aromatic heterocycles. The molecule has 0 N–H and O–H groups in total. The van der Waals surface area contributed by atoms with Crippen LogP contribution in [0.15, 0.2) is 30.3 Å². The van der Waals surface area contributed by atoms with E-state index in [2.05, 4.69) is 15.9 Å². The Kier molecular flexibility index (Phi) is 5.00. The molecule has 1 rings (SSSR count). The Morgan fingerprint density at radius 2 is 1.94 bits per heavy atom. The molecule has 2 atom stereocenters. The SMILES string of the molecule is CCC(Br)C(=O)N(C)C(C)c1ccccc1. The summed E-state index contributed by atoms with van der Waals surface area (Å²) in [7, 11) is 1.85. The number of benzene rings is 1. The number of rotatable bonds is 4. The van der Waals surface area contributed by atoms with Gasteiger partial charge in [-0.05, 0) is 18.9 Å². The van der Waals surface area contributed by atoms with E-state index in [4.69, 9.17) is 0 Å². The third-order valence-corrected chi connectivity index (χ3v) is 3.88. The van der Waals surface area contributed by atoms with E-state index in [0.29, 0.717) is 0 Å². The van der Waals surface area contributed by atoms with Gasteiger partial charge in [-0.2, -0.15) is 0 Å². The second-order valence-corrected chi connectivity index (χ2v) is 5.02. The second kappa shape index (κ2) is 6.04. The molecule has 2 nitrogen and oxygen atoms in total. The number of carbonyl (C=O) groups is 1. The van der Waals surface area contributed by atoms with E-state index in [1.54, 1.807) is 4.90 Å². The molecule has 1 amide bonds. The van der Waals surface area contributed by atoms with E-state index in [0.717, 1.165) is 12.0 Å². The molecule has 0 fully saturated rings. The summed E-state index contributed by atoms with van der Waals surface area (Å²) >= 11 is 3.39. The lowest BCUT2D eigenvalue weighted by Gasteiger charge is -2.27. The molecule has 0 aliphatic heterocycles. The average Bonchev–Trinajstić information content (AvgIpc) is 2.36. The Morgan fingerprint density at radius 1 is 1.38 bits per heavy atom. The molecule has 0 bridgehead atoms. The van der Waals surface area contributed by atoms with Crippen LogP contribution in [-0.2, 0) is 4.79 Å².